The molecule has 0 aliphatic carbocycles. The summed E-state index contributed by atoms with van der Waals surface area (Å²) in [5, 5.41) is 0. The number of para-hydroxylation sites is 1. The lowest BCUT2D eigenvalue weighted by atomic mass is 9.90. The quantitative estimate of drug-likeness (QED) is 0.920. The molecule has 1 aromatic carbocycles. The van der Waals surface area contributed by atoms with Crippen LogP contribution in [0.5, 0.6) is 0 Å². The Labute approximate surface area is 122 Å². The number of aryl methyl sites for hydroxylation is 1. The van der Waals surface area contributed by atoms with Crippen molar-refractivity contribution in [2.24, 2.45) is 11.7 Å². The fraction of sp³-hybridized carbons (Fsp3) is 0.647. The summed E-state index contributed by atoms with van der Waals surface area (Å²) >= 11 is 0. The van der Waals surface area contributed by atoms with Crippen molar-refractivity contribution in [3.05, 3.63) is 29.8 Å². The van der Waals surface area contributed by atoms with Crippen LogP contribution in [0.3, 0.4) is 0 Å². The summed E-state index contributed by atoms with van der Waals surface area (Å²) < 4.78 is 5.52. The van der Waals surface area contributed by atoms with E-state index in [9.17, 15) is 0 Å². The van der Waals surface area contributed by atoms with Crippen molar-refractivity contribution >= 4 is 5.69 Å². The Bertz CT molecular complexity index is 429. The summed E-state index contributed by atoms with van der Waals surface area (Å²) in [6.07, 6.45) is 6.08. The maximum absolute atomic E-state index is 6.16. The molecule has 1 saturated heterocycles. The first-order chi connectivity index (χ1) is 9.90. The average Bonchev–Trinajstić information content (AvgIpc) is 2.72. The van der Waals surface area contributed by atoms with E-state index in [1.165, 1.54) is 30.5 Å². The van der Waals surface area contributed by atoms with Gasteiger partial charge < -0.3 is 15.4 Å². The topological polar surface area (TPSA) is 38.5 Å². The molecule has 0 radical (unpaired) electrons. The molecule has 0 bridgehead atoms. The molecule has 20 heavy (non-hydrogen) atoms. The van der Waals surface area contributed by atoms with Gasteiger partial charge in [-0.25, -0.2) is 0 Å². The zero-order valence-corrected chi connectivity index (χ0v) is 12.3. The highest BCUT2D eigenvalue weighted by molar-refractivity contribution is 5.55. The fourth-order valence-electron chi connectivity index (χ4n) is 3.74. The van der Waals surface area contributed by atoms with E-state index in [4.69, 9.17) is 10.5 Å². The fourth-order valence-corrected chi connectivity index (χ4v) is 3.74. The van der Waals surface area contributed by atoms with Crippen LogP contribution in [0.25, 0.3) is 0 Å². The van der Waals surface area contributed by atoms with E-state index in [1.54, 1.807) is 0 Å². The van der Waals surface area contributed by atoms with Gasteiger partial charge >= 0.3 is 0 Å². The highest BCUT2D eigenvalue weighted by Crippen LogP contribution is 2.32. The number of rotatable bonds is 3. The normalized spacial score (nSPS) is 22.1. The molecule has 3 rings (SSSR count). The maximum atomic E-state index is 6.16. The Kier molecular flexibility index (Phi) is 4.58. The van der Waals surface area contributed by atoms with Gasteiger partial charge in [0.05, 0.1) is 0 Å². The van der Waals surface area contributed by atoms with Gasteiger partial charge in [-0.2, -0.15) is 0 Å². The molecule has 0 amide bonds. The first-order valence-electron chi connectivity index (χ1n) is 8.02. The largest absolute Gasteiger partial charge is 0.381 e. The Morgan fingerprint density at radius 2 is 2.00 bits per heavy atom. The van der Waals surface area contributed by atoms with Crippen LogP contribution in [0, 0.1) is 5.92 Å². The standard InChI is InChI=1S/C17H26N2O/c18-13-17(15-8-11-20-12-9-15)19-10-4-3-6-14-5-1-2-7-16(14)19/h1-2,5,7,15,17H,3-4,6,8-13,18H2. The SMILES string of the molecule is NCC(C1CCOCC1)N1CCCCc2ccccc21. The monoisotopic (exact) mass is 274 g/mol. The van der Waals surface area contributed by atoms with Crippen LogP contribution in [0.15, 0.2) is 24.3 Å². The average molecular weight is 274 g/mol. The van der Waals surface area contributed by atoms with Crippen LogP contribution in [-0.4, -0.2) is 32.3 Å². The second kappa shape index (κ2) is 6.59. The summed E-state index contributed by atoms with van der Waals surface area (Å²) in [6.45, 7) is 3.70. The van der Waals surface area contributed by atoms with Gasteiger partial charge in [0.2, 0.25) is 0 Å². The molecule has 2 aliphatic heterocycles. The summed E-state index contributed by atoms with van der Waals surface area (Å²) in [7, 11) is 0. The molecule has 2 N–H and O–H groups in total. The molecule has 1 fully saturated rings. The number of anilines is 1. The molecular formula is C17H26N2O. The van der Waals surface area contributed by atoms with Gasteiger partial charge in [0, 0.05) is 38.0 Å². The number of ether oxygens (including phenoxy) is 1. The van der Waals surface area contributed by atoms with Crippen LogP contribution in [-0.2, 0) is 11.2 Å². The minimum Gasteiger partial charge on any atom is -0.381 e. The molecule has 110 valence electrons. The number of hydrogen-bond donors (Lipinski definition) is 1. The van der Waals surface area contributed by atoms with E-state index < -0.39 is 0 Å². The minimum atomic E-state index is 0.471. The smallest absolute Gasteiger partial charge is 0.0469 e. The van der Waals surface area contributed by atoms with Crippen molar-refractivity contribution in [1.82, 2.24) is 0 Å². The van der Waals surface area contributed by atoms with Crippen LogP contribution in [0.1, 0.15) is 31.2 Å². The molecule has 1 aromatic rings. The molecule has 0 aromatic heterocycles. The van der Waals surface area contributed by atoms with Crippen molar-refractivity contribution in [2.45, 2.75) is 38.1 Å². The summed E-state index contributed by atoms with van der Waals surface area (Å²) in [6, 6.07) is 9.36. The Morgan fingerprint density at radius 1 is 1.20 bits per heavy atom. The molecule has 1 atom stereocenters. The van der Waals surface area contributed by atoms with Gasteiger partial charge in [0.25, 0.3) is 0 Å². The third-order valence-corrected chi connectivity index (χ3v) is 4.85. The first kappa shape index (κ1) is 13.9. The van der Waals surface area contributed by atoms with E-state index in [0.29, 0.717) is 12.0 Å². The maximum Gasteiger partial charge on any atom is 0.0469 e. The molecule has 2 heterocycles. The minimum absolute atomic E-state index is 0.471. The third-order valence-electron chi connectivity index (χ3n) is 4.85. The van der Waals surface area contributed by atoms with E-state index in [-0.39, 0.29) is 0 Å². The zero-order chi connectivity index (χ0) is 13.8. The van der Waals surface area contributed by atoms with Gasteiger partial charge in [0.15, 0.2) is 0 Å². The molecule has 3 nitrogen and oxygen atoms in total. The van der Waals surface area contributed by atoms with E-state index in [2.05, 4.69) is 29.2 Å². The predicted molar refractivity (Wildman–Crippen MR) is 83.1 cm³/mol. The summed E-state index contributed by atoms with van der Waals surface area (Å²) in [5.74, 6) is 0.680. The highest BCUT2D eigenvalue weighted by atomic mass is 16.5. The number of fused-ring (bicyclic) bond motifs is 1. The molecule has 1 unspecified atom stereocenters. The number of benzene rings is 1. The Balaban J connectivity index is 1.86. The van der Waals surface area contributed by atoms with Gasteiger partial charge in [-0.1, -0.05) is 18.2 Å². The molecule has 0 saturated carbocycles. The van der Waals surface area contributed by atoms with Crippen molar-refractivity contribution < 1.29 is 4.74 Å². The zero-order valence-electron chi connectivity index (χ0n) is 12.3. The lowest BCUT2D eigenvalue weighted by molar-refractivity contribution is 0.0582. The number of nitrogens with zero attached hydrogens (tertiary/aromatic N) is 1. The lowest BCUT2D eigenvalue weighted by Crippen LogP contribution is -2.48. The van der Waals surface area contributed by atoms with Gasteiger partial charge in [-0.15, -0.1) is 0 Å². The summed E-state index contributed by atoms with van der Waals surface area (Å²) in [5.41, 5.74) is 9.08. The van der Waals surface area contributed by atoms with Crippen LogP contribution in [0.2, 0.25) is 0 Å². The van der Waals surface area contributed by atoms with Crippen LogP contribution in [0.4, 0.5) is 5.69 Å². The molecular weight excluding hydrogens is 248 g/mol. The second-order valence-corrected chi connectivity index (χ2v) is 6.03. The lowest BCUT2D eigenvalue weighted by Gasteiger charge is -2.39. The second-order valence-electron chi connectivity index (χ2n) is 6.03. The molecule has 0 spiro atoms. The Morgan fingerprint density at radius 3 is 2.80 bits per heavy atom. The Hall–Kier alpha value is -1.06. The van der Waals surface area contributed by atoms with Gasteiger partial charge in [-0.3, -0.25) is 0 Å². The van der Waals surface area contributed by atoms with E-state index in [0.717, 1.165) is 39.1 Å². The van der Waals surface area contributed by atoms with E-state index in [1.807, 2.05) is 0 Å². The van der Waals surface area contributed by atoms with Gasteiger partial charge in [0.1, 0.15) is 0 Å². The molecule has 3 heteroatoms. The van der Waals surface area contributed by atoms with Crippen LogP contribution >= 0.6 is 0 Å². The summed E-state index contributed by atoms with van der Waals surface area (Å²) in [4.78, 5) is 2.60. The third kappa shape index (κ3) is 2.84. The van der Waals surface area contributed by atoms with E-state index >= 15 is 0 Å². The van der Waals surface area contributed by atoms with Crippen molar-refractivity contribution in [3.63, 3.8) is 0 Å². The highest BCUT2D eigenvalue weighted by Gasteiger charge is 2.29. The number of nitrogens with two attached hydrogens (primary N) is 1. The van der Waals surface area contributed by atoms with Crippen molar-refractivity contribution in [3.8, 4) is 0 Å². The van der Waals surface area contributed by atoms with Crippen molar-refractivity contribution in [2.75, 3.05) is 31.2 Å². The van der Waals surface area contributed by atoms with Crippen molar-refractivity contribution in [1.29, 1.82) is 0 Å². The van der Waals surface area contributed by atoms with Crippen LogP contribution < -0.4 is 10.6 Å². The predicted octanol–water partition coefficient (Wildman–Crippen LogP) is 2.58. The first-order valence-corrected chi connectivity index (χ1v) is 8.02. The number of hydrogen-bond acceptors (Lipinski definition) is 3. The molecule has 2 aliphatic rings. The van der Waals surface area contributed by atoms with Gasteiger partial charge in [-0.05, 0) is 49.7 Å².